The van der Waals surface area contributed by atoms with E-state index in [1.807, 2.05) is 0 Å². The van der Waals surface area contributed by atoms with Gasteiger partial charge in [0.1, 0.15) is 7.28 Å². The molecule has 5 aliphatic rings. The average Bonchev–Trinajstić information content (AvgIpc) is 2.98. The van der Waals surface area contributed by atoms with E-state index in [4.69, 9.17) is 0 Å². The van der Waals surface area contributed by atoms with Gasteiger partial charge < -0.3 is 0 Å². The molecule has 1 heterocycles. The Bertz CT molecular complexity index is 836. The molecule has 0 aromatic heterocycles. The lowest BCUT2D eigenvalue weighted by molar-refractivity contribution is -0.108. The number of rotatable bonds is 5. The van der Waals surface area contributed by atoms with Crippen LogP contribution in [0, 0.1) is 81.8 Å². The van der Waals surface area contributed by atoms with Gasteiger partial charge in [-0.05, 0) is 108 Å². The SMILES string of the molecule is CC1CCCCC1C1C(C)CC(C(C)C2CCBCC(C)(C)C(C)(C)CCC2)C(C2CCCCC2C)C1C1CCCCC1. The van der Waals surface area contributed by atoms with Crippen LogP contribution in [0.4, 0.5) is 0 Å². The number of hydrogen-bond donors (Lipinski definition) is 0. The van der Waals surface area contributed by atoms with Gasteiger partial charge in [-0.3, -0.25) is 0 Å². The van der Waals surface area contributed by atoms with Gasteiger partial charge in [0.25, 0.3) is 0 Å². The molecule has 0 amide bonds. The van der Waals surface area contributed by atoms with Crippen molar-refractivity contribution in [1.29, 1.82) is 0 Å². The van der Waals surface area contributed by atoms with Crippen LogP contribution in [0.2, 0.25) is 12.6 Å². The largest absolute Gasteiger partial charge is 0.121 e. The van der Waals surface area contributed by atoms with Gasteiger partial charge >= 0.3 is 0 Å². The Hall–Kier alpha value is 0.0649. The maximum Gasteiger partial charge on any atom is 0.121 e. The predicted molar refractivity (Wildman–Crippen MR) is 192 cm³/mol. The van der Waals surface area contributed by atoms with Crippen molar-refractivity contribution in [3.8, 4) is 0 Å². The lowest BCUT2D eigenvalue weighted by atomic mass is 9.45. The molecule has 0 radical (unpaired) electrons. The minimum absolute atomic E-state index is 0.466. The topological polar surface area (TPSA) is 0 Å². The zero-order valence-corrected chi connectivity index (χ0v) is 30.8. The molecule has 248 valence electrons. The first-order valence-electron chi connectivity index (χ1n) is 20.5. The molecule has 0 aromatic rings. The molecule has 11 atom stereocenters. The van der Waals surface area contributed by atoms with E-state index in [1.165, 1.54) is 103 Å². The highest BCUT2D eigenvalue weighted by molar-refractivity contribution is 6.35. The molecule has 1 aliphatic heterocycles. The van der Waals surface area contributed by atoms with Crippen molar-refractivity contribution in [1.82, 2.24) is 0 Å². The van der Waals surface area contributed by atoms with Gasteiger partial charge in [-0.1, -0.05) is 158 Å². The molecular weight excluding hydrogens is 515 g/mol. The second kappa shape index (κ2) is 14.9. The summed E-state index contributed by atoms with van der Waals surface area (Å²) in [5.74, 6) is 11.9. The van der Waals surface area contributed by atoms with Crippen molar-refractivity contribution < 1.29 is 0 Å². The van der Waals surface area contributed by atoms with Gasteiger partial charge in [0.2, 0.25) is 0 Å². The zero-order valence-electron chi connectivity index (χ0n) is 30.8. The first kappa shape index (κ1) is 34.4. The normalized spacial score (nSPS) is 44.2. The molecule has 0 nitrogen and oxygen atoms in total. The van der Waals surface area contributed by atoms with E-state index < -0.39 is 0 Å². The maximum absolute atomic E-state index is 2.82. The minimum atomic E-state index is 0.466. The molecule has 4 saturated carbocycles. The summed E-state index contributed by atoms with van der Waals surface area (Å²) < 4.78 is 0. The quantitative estimate of drug-likeness (QED) is 0.279. The predicted octanol–water partition coefficient (Wildman–Crippen LogP) is 12.9. The Morgan fingerprint density at radius 1 is 0.558 bits per heavy atom. The van der Waals surface area contributed by atoms with Crippen molar-refractivity contribution in [2.45, 2.75) is 184 Å². The van der Waals surface area contributed by atoms with Gasteiger partial charge in [-0.25, -0.2) is 0 Å². The third kappa shape index (κ3) is 7.63. The molecule has 0 aromatic carbocycles. The van der Waals surface area contributed by atoms with E-state index in [1.54, 1.807) is 32.1 Å². The van der Waals surface area contributed by atoms with Gasteiger partial charge in [0.15, 0.2) is 0 Å². The summed E-state index contributed by atoms with van der Waals surface area (Å²) in [6.07, 6.45) is 30.3. The van der Waals surface area contributed by atoms with Crippen molar-refractivity contribution in [3.05, 3.63) is 0 Å². The number of hydrogen-bond acceptors (Lipinski definition) is 0. The highest BCUT2D eigenvalue weighted by atomic mass is 14.6. The van der Waals surface area contributed by atoms with Crippen LogP contribution < -0.4 is 0 Å². The van der Waals surface area contributed by atoms with Crippen LogP contribution in [-0.2, 0) is 0 Å². The molecule has 11 unspecified atom stereocenters. The fourth-order valence-electron chi connectivity index (χ4n) is 13.0. The fourth-order valence-corrected chi connectivity index (χ4v) is 13.0. The highest BCUT2D eigenvalue weighted by Gasteiger charge is 2.54. The van der Waals surface area contributed by atoms with Crippen molar-refractivity contribution in [3.63, 3.8) is 0 Å². The van der Waals surface area contributed by atoms with Crippen LogP contribution in [0.1, 0.15) is 171 Å². The molecule has 43 heavy (non-hydrogen) atoms. The smallest absolute Gasteiger partial charge is 0.0771 e. The second-order valence-electron chi connectivity index (χ2n) is 19.4. The van der Waals surface area contributed by atoms with Crippen LogP contribution in [0.15, 0.2) is 0 Å². The molecule has 0 bridgehead atoms. The molecule has 5 rings (SSSR count). The Morgan fingerprint density at radius 2 is 1.14 bits per heavy atom. The Kier molecular flexibility index (Phi) is 11.9. The molecular formula is C42H77B. The second-order valence-corrected chi connectivity index (χ2v) is 19.4. The van der Waals surface area contributed by atoms with Gasteiger partial charge in [-0.2, -0.15) is 0 Å². The lowest BCUT2D eigenvalue weighted by Gasteiger charge is -2.59. The van der Waals surface area contributed by atoms with E-state index in [2.05, 4.69) is 55.4 Å². The van der Waals surface area contributed by atoms with E-state index in [0.29, 0.717) is 10.8 Å². The van der Waals surface area contributed by atoms with Crippen molar-refractivity contribution in [2.24, 2.45) is 81.8 Å². The maximum atomic E-state index is 2.82. The first-order valence-corrected chi connectivity index (χ1v) is 20.5. The minimum Gasteiger partial charge on any atom is -0.0771 e. The van der Waals surface area contributed by atoms with Crippen LogP contribution in [0.25, 0.3) is 0 Å². The van der Waals surface area contributed by atoms with E-state index in [9.17, 15) is 0 Å². The third-order valence-electron chi connectivity index (χ3n) is 16.5. The van der Waals surface area contributed by atoms with Gasteiger partial charge in [-0.15, -0.1) is 0 Å². The van der Waals surface area contributed by atoms with Crippen LogP contribution in [0.3, 0.4) is 0 Å². The molecule has 1 saturated heterocycles. The summed E-state index contributed by atoms with van der Waals surface area (Å²) in [5.41, 5.74) is 0.943. The molecule has 0 N–H and O–H groups in total. The molecule has 4 aliphatic carbocycles. The van der Waals surface area contributed by atoms with Gasteiger partial charge in [0, 0.05) is 0 Å². The average molecular weight is 593 g/mol. The monoisotopic (exact) mass is 593 g/mol. The summed E-state index contributed by atoms with van der Waals surface area (Å²) in [6.45, 7) is 21.4. The third-order valence-corrected chi connectivity index (χ3v) is 16.5. The standard InChI is InChI=1S/C42H77B/c1-29-17-12-14-22-35(29)38-31(3)27-37(32(4)33-21-16-25-41(5,6)42(7,8)28-43-26-24-33)40(36-23-15-13-18-30(36)2)39(38)34-19-10-9-11-20-34/h29-40,43H,9-28H2,1-8H3. The molecule has 5 fully saturated rings. The fraction of sp³-hybridized carbons (Fsp3) is 1.00. The van der Waals surface area contributed by atoms with E-state index in [-0.39, 0.29) is 0 Å². The van der Waals surface area contributed by atoms with Crippen LogP contribution >= 0.6 is 0 Å². The Labute approximate surface area is 272 Å². The van der Waals surface area contributed by atoms with Crippen LogP contribution in [-0.4, -0.2) is 7.28 Å². The summed E-state index contributed by atoms with van der Waals surface area (Å²) in [6, 6.07) is 0. The van der Waals surface area contributed by atoms with Crippen molar-refractivity contribution in [2.75, 3.05) is 0 Å². The Morgan fingerprint density at radius 3 is 1.77 bits per heavy atom. The lowest BCUT2D eigenvalue weighted by Crippen LogP contribution is -2.53. The highest BCUT2D eigenvalue weighted by Crippen LogP contribution is 2.61. The van der Waals surface area contributed by atoms with E-state index >= 15 is 0 Å². The summed E-state index contributed by atoms with van der Waals surface area (Å²) in [5, 5.41) is 0. The zero-order chi connectivity index (χ0) is 30.8. The summed E-state index contributed by atoms with van der Waals surface area (Å²) in [4.78, 5) is 0. The van der Waals surface area contributed by atoms with E-state index in [0.717, 1.165) is 71.0 Å². The van der Waals surface area contributed by atoms with Gasteiger partial charge in [0.05, 0.1) is 0 Å². The summed E-state index contributed by atoms with van der Waals surface area (Å²) >= 11 is 0. The molecule has 1 heteroatoms. The van der Waals surface area contributed by atoms with Crippen molar-refractivity contribution >= 4 is 7.28 Å². The Balaban J connectivity index is 1.47. The molecule has 0 spiro atoms. The summed E-state index contributed by atoms with van der Waals surface area (Å²) in [7, 11) is 1.45. The van der Waals surface area contributed by atoms with Crippen LogP contribution in [0.5, 0.6) is 0 Å². The first-order chi connectivity index (χ1) is 20.5.